The molecular formula is C12H17NO5. The van der Waals surface area contributed by atoms with Gasteiger partial charge in [0.2, 0.25) is 5.76 Å². The molecule has 6 heteroatoms. The minimum absolute atomic E-state index is 0.0105. The Balaban J connectivity index is 2.01. The van der Waals surface area contributed by atoms with Gasteiger partial charge in [0.15, 0.2) is 0 Å². The van der Waals surface area contributed by atoms with Crippen molar-refractivity contribution in [3.05, 3.63) is 23.7 Å². The van der Waals surface area contributed by atoms with Gasteiger partial charge in [-0.15, -0.1) is 0 Å². The average molecular weight is 255 g/mol. The van der Waals surface area contributed by atoms with Gasteiger partial charge in [0.05, 0.1) is 12.9 Å². The van der Waals surface area contributed by atoms with Gasteiger partial charge in [-0.25, -0.2) is 4.79 Å². The van der Waals surface area contributed by atoms with E-state index < -0.39 is 5.97 Å². The lowest BCUT2D eigenvalue weighted by Crippen LogP contribution is -2.51. The Morgan fingerprint density at radius 3 is 2.78 bits per heavy atom. The van der Waals surface area contributed by atoms with Crippen LogP contribution in [0.3, 0.4) is 0 Å². The van der Waals surface area contributed by atoms with Crippen LogP contribution in [0.4, 0.5) is 0 Å². The van der Waals surface area contributed by atoms with Gasteiger partial charge in [0, 0.05) is 30.9 Å². The van der Waals surface area contributed by atoms with Crippen molar-refractivity contribution in [3.8, 4) is 0 Å². The van der Waals surface area contributed by atoms with Crippen LogP contribution in [-0.2, 0) is 11.3 Å². The highest BCUT2D eigenvalue weighted by Gasteiger charge is 2.31. The van der Waals surface area contributed by atoms with E-state index in [9.17, 15) is 9.90 Å². The fourth-order valence-electron chi connectivity index (χ4n) is 2.10. The number of furan rings is 1. The molecule has 0 saturated carbocycles. The second-order valence-electron chi connectivity index (χ2n) is 4.48. The Morgan fingerprint density at radius 1 is 1.44 bits per heavy atom. The van der Waals surface area contributed by atoms with Gasteiger partial charge >= 0.3 is 5.97 Å². The monoisotopic (exact) mass is 255 g/mol. The summed E-state index contributed by atoms with van der Waals surface area (Å²) in [5.41, 5.74) is 0.201. The van der Waals surface area contributed by atoms with Gasteiger partial charge in [-0.3, -0.25) is 0 Å². The van der Waals surface area contributed by atoms with Crippen LogP contribution in [0.5, 0.6) is 0 Å². The number of carboxylic acid groups (broad SMARTS) is 1. The zero-order valence-corrected chi connectivity index (χ0v) is 10.0. The van der Waals surface area contributed by atoms with Crippen LogP contribution >= 0.6 is 0 Å². The fraction of sp³-hybridized carbons (Fsp3) is 0.583. The average Bonchev–Trinajstić information content (AvgIpc) is 2.86. The highest BCUT2D eigenvalue weighted by atomic mass is 16.5. The molecule has 0 amide bonds. The Hall–Kier alpha value is -1.37. The number of aliphatic hydroxyl groups is 1. The number of carboxylic acids is 1. The van der Waals surface area contributed by atoms with Crippen molar-refractivity contribution in [1.29, 1.82) is 0 Å². The number of rotatable bonds is 5. The summed E-state index contributed by atoms with van der Waals surface area (Å²) in [6.45, 7) is 1.57. The second-order valence-corrected chi connectivity index (χ2v) is 4.48. The third kappa shape index (κ3) is 2.72. The molecule has 1 aliphatic heterocycles. The SMILES string of the molecule is O=C(O)c1occc1CNC1(CO)CCOCC1. The van der Waals surface area contributed by atoms with Gasteiger partial charge < -0.3 is 24.7 Å². The Kier molecular flexibility index (Phi) is 4.00. The molecule has 0 spiro atoms. The zero-order chi connectivity index (χ0) is 13.0. The van der Waals surface area contributed by atoms with Crippen molar-refractivity contribution in [2.75, 3.05) is 19.8 Å². The van der Waals surface area contributed by atoms with Gasteiger partial charge in [-0.1, -0.05) is 0 Å². The van der Waals surface area contributed by atoms with E-state index in [4.69, 9.17) is 14.3 Å². The van der Waals surface area contributed by atoms with Gasteiger partial charge in [0.1, 0.15) is 0 Å². The van der Waals surface area contributed by atoms with E-state index in [0.29, 0.717) is 38.2 Å². The van der Waals surface area contributed by atoms with E-state index in [2.05, 4.69) is 5.32 Å². The van der Waals surface area contributed by atoms with E-state index in [1.54, 1.807) is 6.07 Å². The second kappa shape index (κ2) is 5.51. The van der Waals surface area contributed by atoms with E-state index in [1.807, 2.05) is 0 Å². The maximum Gasteiger partial charge on any atom is 0.372 e. The number of hydrogen-bond donors (Lipinski definition) is 3. The lowest BCUT2D eigenvalue weighted by Gasteiger charge is -2.36. The first-order valence-corrected chi connectivity index (χ1v) is 5.90. The van der Waals surface area contributed by atoms with Crippen LogP contribution in [0, 0.1) is 0 Å². The molecule has 0 aliphatic carbocycles. The summed E-state index contributed by atoms with van der Waals surface area (Å²) in [5.74, 6) is -1.13. The van der Waals surface area contributed by atoms with Crippen molar-refractivity contribution < 1.29 is 24.2 Å². The standard InChI is InChI=1S/C12H17NO5/c14-8-12(2-5-17-6-3-12)13-7-9-1-4-18-10(9)11(15)16/h1,4,13-14H,2-3,5-8H2,(H,15,16). The summed E-state index contributed by atoms with van der Waals surface area (Å²) in [6.07, 6.45) is 2.78. The summed E-state index contributed by atoms with van der Waals surface area (Å²) in [4.78, 5) is 10.9. The summed E-state index contributed by atoms with van der Waals surface area (Å²) in [6, 6.07) is 1.63. The third-order valence-electron chi connectivity index (χ3n) is 3.35. The molecule has 1 aromatic heterocycles. The van der Waals surface area contributed by atoms with Crippen LogP contribution in [0.1, 0.15) is 29.0 Å². The number of carbonyl (C=O) groups is 1. The summed E-state index contributed by atoms with van der Waals surface area (Å²) < 4.78 is 10.2. The van der Waals surface area contributed by atoms with Crippen LogP contribution in [0.2, 0.25) is 0 Å². The van der Waals surface area contributed by atoms with E-state index in [-0.39, 0.29) is 17.9 Å². The molecule has 6 nitrogen and oxygen atoms in total. The molecule has 1 saturated heterocycles. The largest absolute Gasteiger partial charge is 0.475 e. The predicted molar refractivity (Wildman–Crippen MR) is 62.4 cm³/mol. The van der Waals surface area contributed by atoms with Crippen molar-refractivity contribution in [2.24, 2.45) is 0 Å². The molecule has 3 N–H and O–H groups in total. The lowest BCUT2D eigenvalue weighted by atomic mass is 9.91. The van der Waals surface area contributed by atoms with Crippen molar-refractivity contribution in [2.45, 2.75) is 24.9 Å². The minimum Gasteiger partial charge on any atom is -0.475 e. The quantitative estimate of drug-likeness (QED) is 0.714. The molecule has 100 valence electrons. The third-order valence-corrected chi connectivity index (χ3v) is 3.35. The van der Waals surface area contributed by atoms with Gasteiger partial charge in [-0.05, 0) is 18.9 Å². The lowest BCUT2D eigenvalue weighted by molar-refractivity contribution is 0.0111. The number of hydrogen-bond acceptors (Lipinski definition) is 5. The van der Waals surface area contributed by atoms with Crippen LogP contribution in [-0.4, -0.2) is 41.5 Å². The van der Waals surface area contributed by atoms with E-state index >= 15 is 0 Å². The maximum absolute atomic E-state index is 10.9. The molecule has 0 aromatic carbocycles. The van der Waals surface area contributed by atoms with E-state index in [1.165, 1.54) is 6.26 Å². The molecule has 2 heterocycles. The summed E-state index contributed by atoms with van der Waals surface area (Å²) in [7, 11) is 0. The molecule has 1 fully saturated rings. The molecule has 0 atom stereocenters. The first-order valence-electron chi connectivity index (χ1n) is 5.90. The highest BCUT2D eigenvalue weighted by Crippen LogP contribution is 2.21. The van der Waals surface area contributed by atoms with Crippen molar-refractivity contribution in [3.63, 3.8) is 0 Å². The first-order chi connectivity index (χ1) is 8.67. The number of aliphatic hydroxyl groups excluding tert-OH is 1. The Labute approximate surface area is 105 Å². The zero-order valence-electron chi connectivity index (χ0n) is 10.0. The number of nitrogens with one attached hydrogen (secondary N) is 1. The number of ether oxygens (including phenoxy) is 1. The maximum atomic E-state index is 10.9. The van der Waals surface area contributed by atoms with Crippen molar-refractivity contribution >= 4 is 5.97 Å². The molecule has 1 aromatic rings. The molecule has 0 radical (unpaired) electrons. The fourth-order valence-corrected chi connectivity index (χ4v) is 2.10. The molecule has 18 heavy (non-hydrogen) atoms. The topological polar surface area (TPSA) is 91.9 Å². The van der Waals surface area contributed by atoms with Gasteiger partial charge in [0.25, 0.3) is 0 Å². The predicted octanol–water partition coefficient (Wildman–Crippen LogP) is 0.609. The Bertz CT molecular complexity index is 408. The molecule has 0 unspecified atom stereocenters. The summed E-state index contributed by atoms with van der Waals surface area (Å²) in [5, 5.41) is 21.6. The number of aromatic carboxylic acids is 1. The molecule has 0 bridgehead atoms. The van der Waals surface area contributed by atoms with Crippen LogP contribution < -0.4 is 5.32 Å². The summed E-state index contributed by atoms with van der Waals surface area (Å²) >= 11 is 0. The van der Waals surface area contributed by atoms with Crippen LogP contribution in [0.25, 0.3) is 0 Å². The highest BCUT2D eigenvalue weighted by molar-refractivity contribution is 5.86. The van der Waals surface area contributed by atoms with E-state index in [0.717, 1.165) is 0 Å². The first kappa shape index (κ1) is 13.1. The smallest absolute Gasteiger partial charge is 0.372 e. The molecular weight excluding hydrogens is 238 g/mol. The minimum atomic E-state index is -1.08. The van der Waals surface area contributed by atoms with Gasteiger partial charge in [-0.2, -0.15) is 0 Å². The van der Waals surface area contributed by atoms with Crippen LogP contribution in [0.15, 0.2) is 16.7 Å². The van der Waals surface area contributed by atoms with Crippen molar-refractivity contribution in [1.82, 2.24) is 5.32 Å². The molecule has 2 rings (SSSR count). The molecule has 1 aliphatic rings. The normalized spacial score (nSPS) is 18.7. The Morgan fingerprint density at radius 2 is 2.17 bits per heavy atom.